The maximum atomic E-state index is 12.2. The van der Waals surface area contributed by atoms with Gasteiger partial charge < -0.3 is 9.64 Å². The van der Waals surface area contributed by atoms with Gasteiger partial charge in [-0.05, 0) is 38.3 Å². The van der Waals surface area contributed by atoms with Crippen molar-refractivity contribution in [1.29, 1.82) is 0 Å². The number of carbonyl (C=O) groups is 2. The zero-order valence-electron chi connectivity index (χ0n) is 11.4. The molecule has 0 bridgehead atoms. The van der Waals surface area contributed by atoms with Crippen LogP contribution in [-0.2, 0) is 4.79 Å². The highest BCUT2D eigenvalue weighted by Gasteiger charge is 2.25. The summed E-state index contributed by atoms with van der Waals surface area (Å²) in [6.07, 6.45) is 2.32. The summed E-state index contributed by atoms with van der Waals surface area (Å²) in [5.41, 5.74) is 1.35. The molecule has 0 saturated carbocycles. The third-order valence-corrected chi connectivity index (χ3v) is 3.43. The van der Waals surface area contributed by atoms with E-state index in [2.05, 4.69) is 0 Å². The number of aryl methyl sites for hydroxylation is 1. The number of hydrogen-bond acceptors (Lipinski definition) is 3. The molecule has 1 saturated heterocycles. The van der Waals surface area contributed by atoms with Crippen molar-refractivity contribution in [3.8, 4) is 5.75 Å². The highest BCUT2D eigenvalue weighted by Crippen LogP contribution is 2.24. The van der Waals surface area contributed by atoms with E-state index in [-0.39, 0.29) is 5.91 Å². The van der Waals surface area contributed by atoms with Gasteiger partial charge in [0.1, 0.15) is 5.75 Å². The summed E-state index contributed by atoms with van der Waals surface area (Å²) in [5, 5.41) is 0. The molecule has 19 heavy (non-hydrogen) atoms. The Kier molecular flexibility index (Phi) is 4.20. The van der Waals surface area contributed by atoms with Crippen LogP contribution in [0.2, 0.25) is 0 Å². The molecule has 1 aliphatic heterocycles. The van der Waals surface area contributed by atoms with E-state index in [0.29, 0.717) is 11.3 Å². The van der Waals surface area contributed by atoms with E-state index >= 15 is 0 Å². The molecule has 1 atom stereocenters. The van der Waals surface area contributed by atoms with Gasteiger partial charge in [0.25, 0.3) is 5.91 Å². The van der Waals surface area contributed by atoms with Crippen molar-refractivity contribution in [2.75, 3.05) is 13.1 Å². The number of ether oxygens (including phenoxy) is 1. The van der Waals surface area contributed by atoms with Gasteiger partial charge in [0.05, 0.1) is 5.56 Å². The summed E-state index contributed by atoms with van der Waals surface area (Å²) in [6.45, 7) is 5.22. The van der Waals surface area contributed by atoms with Crippen molar-refractivity contribution >= 4 is 12.2 Å². The quantitative estimate of drug-likeness (QED) is 0.781. The van der Waals surface area contributed by atoms with Gasteiger partial charge in [-0.1, -0.05) is 12.1 Å². The van der Waals surface area contributed by atoms with Crippen molar-refractivity contribution in [1.82, 2.24) is 4.90 Å². The van der Waals surface area contributed by atoms with Gasteiger partial charge in [0.2, 0.25) is 0 Å². The van der Waals surface area contributed by atoms with Crippen LogP contribution in [0.5, 0.6) is 5.75 Å². The number of hydrogen-bond donors (Lipinski definition) is 0. The van der Waals surface area contributed by atoms with Gasteiger partial charge in [-0.25, -0.2) is 0 Å². The maximum absolute atomic E-state index is 12.2. The number of benzene rings is 1. The Morgan fingerprint density at radius 3 is 2.68 bits per heavy atom. The Balaban J connectivity index is 2.12. The first-order valence-electron chi connectivity index (χ1n) is 6.63. The van der Waals surface area contributed by atoms with Crippen molar-refractivity contribution in [2.45, 2.75) is 32.8 Å². The second kappa shape index (κ2) is 5.87. The third kappa shape index (κ3) is 2.95. The first kappa shape index (κ1) is 13.6. The topological polar surface area (TPSA) is 46.6 Å². The minimum atomic E-state index is -0.558. The highest BCUT2D eigenvalue weighted by atomic mass is 16.5. The van der Waals surface area contributed by atoms with E-state index in [1.54, 1.807) is 19.1 Å². The monoisotopic (exact) mass is 261 g/mol. The lowest BCUT2D eigenvalue weighted by Crippen LogP contribution is -2.38. The number of amides is 1. The lowest BCUT2D eigenvalue weighted by atomic mass is 10.1. The van der Waals surface area contributed by atoms with Crippen LogP contribution in [0.4, 0.5) is 0 Å². The first-order valence-corrected chi connectivity index (χ1v) is 6.63. The van der Waals surface area contributed by atoms with E-state index in [1.165, 1.54) is 0 Å². The molecule has 1 heterocycles. The second-order valence-electron chi connectivity index (χ2n) is 4.90. The molecule has 0 aromatic heterocycles. The smallest absolute Gasteiger partial charge is 0.263 e. The predicted octanol–water partition coefficient (Wildman–Crippen LogP) is 2.20. The van der Waals surface area contributed by atoms with Gasteiger partial charge >= 0.3 is 0 Å². The number of para-hydroxylation sites is 1. The largest absolute Gasteiger partial charge is 0.480 e. The zero-order valence-corrected chi connectivity index (χ0v) is 11.4. The molecule has 0 aliphatic carbocycles. The Labute approximate surface area is 113 Å². The van der Waals surface area contributed by atoms with Gasteiger partial charge in [-0.3, -0.25) is 9.59 Å². The molecule has 0 spiro atoms. The molecular weight excluding hydrogens is 242 g/mol. The Hall–Kier alpha value is -1.84. The third-order valence-electron chi connectivity index (χ3n) is 3.43. The summed E-state index contributed by atoms with van der Waals surface area (Å²) in [5.74, 6) is 0.509. The van der Waals surface area contributed by atoms with Gasteiger partial charge in [0, 0.05) is 13.1 Å². The fraction of sp³-hybridized carbons (Fsp3) is 0.467. The van der Waals surface area contributed by atoms with Gasteiger partial charge in [-0.15, -0.1) is 0 Å². The summed E-state index contributed by atoms with van der Waals surface area (Å²) in [7, 11) is 0. The number of aldehydes is 1. The number of rotatable bonds is 4. The first-order chi connectivity index (χ1) is 9.13. The molecular formula is C15H19NO3. The van der Waals surface area contributed by atoms with Crippen LogP contribution in [0.1, 0.15) is 35.7 Å². The molecule has 1 aromatic carbocycles. The minimum Gasteiger partial charge on any atom is -0.480 e. The van der Waals surface area contributed by atoms with E-state index in [1.807, 2.05) is 17.9 Å². The van der Waals surface area contributed by atoms with Crippen LogP contribution in [0.15, 0.2) is 18.2 Å². The van der Waals surface area contributed by atoms with Crippen LogP contribution in [0.3, 0.4) is 0 Å². The molecule has 1 unspecified atom stereocenters. The number of likely N-dealkylation sites (tertiary alicyclic amines) is 1. The van der Waals surface area contributed by atoms with Crippen molar-refractivity contribution < 1.29 is 14.3 Å². The molecule has 0 N–H and O–H groups in total. The van der Waals surface area contributed by atoms with Crippen molar-refractivity contribution in [3.05, 3.63) is 29.3 Å². The van der Waals surface area contributed by atoms with Crippen LogP contribution >= 0.6 is 0 Å². The Morgan fingerprint density at radius 2 is 2.05 bits per heavy atom. The number of carbonyl (C=O) groups excluding carboxylic acids is 2. The predicted molar refractivity (Wildman–Crippen MR) is 72.5 cm³/mol. The average molecular weight is 261 g/mol. The Bertz CT molecular complexity index is 478. The normalized spacial score (nSPS) is 16.2. The zero-order chi connectivity index (χ0) is 13.8. The Morgan fingerprint density at radius 1 is 1.37 bits per heavy atom. The van der Waals surface area contributed by atoms with E-state index in [0.717, 1.165) is 37.8 Å². The fourth-order valence-corrected chi connectivity index (χ4v) is 2.35. The molecule has 1 fully saturated rings. The molecule has 102 valence electrons. The summed E-state index contributed by atoms with van der Waals surface area (Å²) in [4.78, 5) is 25.0. The lowest BCUT2D eigenvalue weighted by Gasteiger charge is -2.22. The molecule has 0 radical (unpaired) electrons. The van der Waals surface area contributed by atoms with Gasteiger partial charge in [-0.2, -0.15) is 0 Å². The molecule has 1 amide bonds. The number of nitrogens with zero attached hydrogens (tertiary/aromatic N) is 1. The van der Waals surface area contributed by atoms with Crippen molar-refractivity contribution in [2.24, 2.45) is 0 Å². The SMILES string of the molecule is Cc1cccc(C=O)c1OC(C)C(=O)N1CCCC1. The van der Waals surface area contributed by atoms with Crippen LogP contribution in [-0.4, -0.2) is 36.3 Å². The summed E-state index contributed by atoms with van der Waals surface area (Å²) < 4.78 is 5.72. The van der Waals surface area contributed by atoms with Gasteiger partial charge in [0.15, 0.2) is 12.4 Å². The fourth-order valence-electron chi connectivity index (χ4n) is 2.35. The standard InChI is InChI=1S/C15H19NO3/c1-11-6-5-7-13(10-17)14(11)19-12(2)15(18)16-8-3-4-9-16/h5-7,10,12H,3-4,8-9H2,1-2H3. The van der Waals surface area contributed by atoms with E-state index in [4.69, 9.17) is 4.74 Å². The maximum Gasteiger partial charge on any atom is 0.263 e. The van der Waals surface area contributed by atoms with E-state index in [9.17, 15) is 9.59 Å². The molecule has 1 aliphatic rings. The van der Waals surface area contributed by atoms with Crippen LogP contribution in [0.25, 0.3) is 0 Å². The molecule has 2 rings (SSSR count). The summed E-state index contributed by atoms with van der Waals surface area (Å²) >= 11 is 0. The van der Waals surface area contributed by atoms with E-state index < -0.39 is 6.10 Å². The van der Waals surface area contributed by atoms with Crippen molar-refractivity contribution in [3.63, 3.8) is 0 Å². The summed E-state index contributed by atoms with van der Waals surface area (Å²) in [6, 6.07) is 5.37. The highest BCUT2D eigenvalue weighted by molar-refractivity contribution is 5.83. The average Bonchev–Trinajstić information content (AvgIpc) is 2.94. The second-order valence-corrected chi connectivity index (χ2v) is 4.90. The molecule has 4 heteroatoms. The van der Waals surface area contributed by atoms with Crippen LogP contribution in [0, 0.1) is 6.92 Å². The van der Waals surface area contributed by atoms with Crippen LogP contribution < -0.4 is 4.74 Å². The lowest BCUT2D eigenvalue weighted by molar-refractivity contribution is -0.136. The molecule has 1 aromatic rings. The minimum absolute atomic E-state index is 0.00222. The molecule has 4 nitrogen and oxygen atoms in total.